The van der Waals surface area contributed by atoms with Gasteiger partial charge in [-0.25, -0.2) is 0 Å². The van der Waals surface area contributed by atoms with E-state index in [4.69, 9.17) is 0 Å². The third kappa shape index (κ3) is 6.52. The van der Waals surface area contributed by atoms with Crippen LogP contribution in [0.3, 0.4) is 0 Å². The quantitative estimate of drug-likeness (QED) is 0.170. The predicted octanol–water partition coefficient (Wildman–Crippen LogP) is 19.8. The van der Waals surface area contributed by atoms with E-state index in [9.17, 15) is 0 Å². The second-order valence-corrected chi connectivity index (χ2v) is 26.8. The van der Waals surface area contributed by atoms with Crippen LogP contribution in [0.4, 0.5) is 17.1 Å². The van der Waals surface area contributed by atoms with Crippen LogP contribution in [0.5, 0.6) is 0 Å². The summed E-state index contributed by atoms with van der Waals surface area (Å²) >= 11 is 3.82. The van der Waals surface area contributed by atoms with E-state index in [0.29, 0.717) is 0 Å². The Morgan fingerprint density at radius 1 is 0.270 bits per heavy atom. The maximum Gasteiger partial charge on any atom is 0.0726 e. The number of anilines is 3. The number of hydrogen-bond acceptors (Lipinski definition) is 1. The largest absolute Gasteiger partial charge is 0.310 e. The fourth-order valence-electron chi connectivity index (χ4n) is 13.5. The molecule has 0 heterocycles. The zero-order chi connectivity index (χ0) is 51.6. The molecule has 9 aromatic rings. The van der Waals surface area contributed by atoms with E-state index in [1.54, 1.807) is 0 Å². The molecule has 0 amide bonds. The van der Waals surface area contributed by atoms with E-state index in [1.807, 2.05) is 0 Å². The van der Waals surface area contributed by atoms with Crippen molar-refractivity contribution < 1.29 is 0 Å². The summed E-state index contributed by atoms with van der Waals surface area (Å²) in [4.78, 5) is 2.53. The van der Waals surface area contributed by atoms with Crippen LogP contribution < -0.4 is 4.90 Å². The van der Waals surface area contributed by atoms with Gasteiger partial charge < -0.3 is 4.90 Å². The molecule has 0 saturated heterocycles. The highest BCUT2D eigenvalue weighted by Gasteiger charge is 2.54. The van der Waals surface area contributed by atoms with Crippen molar-refractivity contribution in [1.29, 1.82) is 0 Å². The molecule has 0 atom stereocenters. The number of hydrogen-bond donors (Lipinski definition) is 0. The first kappa shape index (κ1) is 47.0. The lowest BCUT2D eigenvalue weighted by molar-refractivity contribution is 0.586. The molecule has 9 aromatic carbocycles. The molecule has 4 aliphatic rings. The summed E-state index contributed by atoms with van der Waals surface area (Å²) in [5.74, 6) is 0. The van der Waals surface area contributed by atoms with Crippen LogP contribution in [-0.2, 0) is 32.5 Å². The summed E-state index contributed by atoms with van der Waals surface area (Å²) in [7, 11) is 0. The van der Waals surface area contributed by atoms with Gasteiger partial charge >= 0.3 is 0 Å². The molecule has 0 aromatic heterocycles. The minimum Gasteiger partial charge on any atom is -0.310 e. The van der Waals surface area contributed by atoms with Gasteiger partial charge in [0.05, 0.1) is 10.8 Å². The van der Waals surface area contributed by atoms with Crippen LogP contribution in [0.1, 0.15) is 150 Å². The Morgan fingerprint density at radius 3 is 0.838 bits per heavy atom. The number of benzene rings is 9. The molecule has 74 heavy (non-hydrogen) atoms. The van der Waals surface area contributed by atoms with E-state index in [2.05, 4.69) is 286 Å². The zero-order valence-electron chi connectivity index (χ0n) is 45.1. The van der Waals surface area contributed by atoms with Crippen LogP contribution in [0.2, 0.25) is 0 Å². The number of rotatable bonds is 3. The fraction of sp³-hybridized carbons (Fsp3) is 0.250. The molecular weight excluding hydrogens is 959 g/mol. The Kier molecular flexibility index (Phi) is 9.94. The molecule has 0 unspecified atom stereocenters. The van der Waals surface area contributed by atoms with Crippen molar-refractivity contribution in [2.45, 2.75) is 116 Å². The lowest BCUT2D eigenvalue weighted by Gasteiger charge is -2.35. The molecule has 4 aliphatic carbocycles. The zero-order valence-corrected chi connectivity index (χ0v) is 46.7. The van der Waals surface area contributed by atoms with Crippen LogP contribution in [0.25, 0.3) is 44.5 Å². The normalized spacial score (nSPS) is 15.0. The summed E-state index contributed by atoms with van der Waals surface area (Å²) < 4.78 is 1.06. The van der Waals surface area contributed by atoms with Crippen molar-refractivity contribution in [2.24, 2.45) is 0 Å². The van der Waals surface area contributed by atoms with Gasteiger partial charge in [0.15, 0.2) is 0 Å². The summed E-state index contributed by atoms with van der Waals surface area (Å²) in [5, 5.41) is 0. The van der Waals surface area contributed by atoms with Gasteiger partial charge in [0, 0.05) is 21.5 Å². The van der Waals surface area contributed by atoms with Crippen molar-refractivity contribution in [3.63, 3.8) is 0 Å². The number of fused-ring (bicyclic) bond motifs is 20. The van der Waals surface area contributed by atoms with Gasteiger partial charge in [0.25, 0.3) is 0 Å². The molecule has 0 fully saturated rings. The van der Waals surface area contributed by atoms with Crippen LogP contribution >= 0.6 is 15.9 Å². The van der Waals surface area contributed by atoms with Gasteiger partial charge in [-0.2, -0.15) is 0 Å². The summed E-state index contributed by atoms with van der Waals surface area (Å²) in [6.07, 6.45) is 0. The minimum atomic E-state index is -0.531. The van der Waals surface area contributed by atoms with Crippen molar-refractivity contribution in [3.8, 4) is 44.5 Å². The van der Waals surface area contributed by atoms with E-state index in [-0.39, 0.29) is 21.7 Å². The van der Waals surface area contributed by atoms with Crippen LogP contribution in [0, 0.1) is 0 Å². The molecular formula is C72H66BrN. The molecule has 366 valence electrons. The Labute approximate surface area is 448 Å². The second kappa shape index (κ2) is 15.7. The summed E-state index contributed by atoms with van der Waals surface area (Å²) in [6.45, 7) is 28.2. The summed E-state index contributed by atoms with van der Waals surface area (Å²) in [6, 6.07) is 71.6. The smallest absolute Gasteiger partial charge is 0.0726 e. The summed E-state index contributed by atoms with van der Waals surface area (Å²) in [5.41, 5.74) is 29.0. The Balaban J connectivity index is 1.10. The molecule has 0 saturated carbocycles. The maximum atomic E-state index is 3.82. The number of nitrogens with zero attached hydrogens (tertiary/aromatic N) is 1. The lowest BCUT2D eigenvalue weighted by Crippen LogP contribution is -2.28. The Morgan fingerprint density at radius 2 is 0.527 bits per heavy atom. The average molecular weight is 1030 g/mol. The monoisotopic (exact) mass is 1020 g/mol. The maximum absolute atomic E-state index is 3.82. The molecule has 13 rings (SSSR count). The van der Waals surface area contributed by atoms with Gasteiger partial charge in [-0.05, 0) is 181 Å². The van der Waals surface area contributed by atoms with Crippen molar-refractivity contribution in [1.82, 2.24) is 0 Å². The van der Waals surface area contributed by atoms with Crippen molar-refractivity contribution in [3.05, 3.63) is 253 Å². The highest BCUT2D eigenvalue weighted by Crippen LogP contribution is 2.66. The second-order valence-electron chi connectivity index (χ2n) is 25.9. The molecule has 0 aliphatic heterocycles. The van der Waals surface area contributed by atoms with Crippen LogP contribution in [0.15, 0.2) is 186 Å². The molecule has 0 N–H and O–H groups in total. The van der Waals surface area contributed by atoms with E-state index < -0.39 is 10.8 Å². The van der Waals surface area contributed by atoms with Crippen molar-refractivity contribution >= 4 is 33.0 Å². The van der Waals surface area contributed by atoms with Gasteiger partial charge in [-0.3, -0.25) is 0 Å². The Bertz CT molecular complexity index is 3480. The van der Waals surface area contributed by atoms with Crippen LogP contribution in [-0.4, -0.2) is 0 Å². The SMILES string of the molecule is CC(C)(C)c1ccc2c(c1)C1(c3ccccc3-c3ccc(N(c4ccc(Br)cc4)c4ccc5c(c4)C4(c6ccccc6-5)c5cc(C(C)(C)C)ccc5-c5ccc(C(C)(C)C)cc54)cc31)c1cc(C(C)(C)C)ccc1-2. The average Bonchev–Trinajstić information content (AvgIpc) is 4.04. The van der Waals surface area contributed by atoms with Gasteiger partial charge in [0.2, 0.25) is 0 Å². The van der Waals surface area contributed by atoms with Gasteiger partial charge in [-0.15, -0.1) is 0 Å². The standard InChI is InChI=1S/C72H66BrN/c1-67(2,3)43-21-31-53-54-32-22-44(68(4,5)6)38-62(54)71(61(53)37-43)59-19-15-13-17-51(59)57-35-29-49(41-65(57)71)74(48-27-25-47(73)26-28-48)50-30-36-58-52-18-14-16-20-60(52)72(66(58)42-50)63-39-45(69(7,8)9)23-33-55(63)56-34-24-46(40-64(56)72)70(10,11)12/h13-42H,1-12H3. The highest BCUT2D eigenvalue weighted by molar-refractivity contribution is 9.10. The minimum absolute atomic E-state index is 0.0314. The molecule has 2 heteroatoms. The highest BCUT2D eigenvalue weighted by atomic mass is 79.9. The third-order valence-corrected chi connectivity index (χ3v) is 17.9. The molecule has 1 nitrogen and oxygen atoms in total. The molecule has 2 spiro atoms. The fourth-order valence-corrected chi connectivity index (χ4v) is 13.8. The topological polar surface area (TPSA) is 3.24 Å². The van der Waals surface area contributed by atoms with E-state index >= 15 is 0 Å². The first-order valence-corrected chi connectivity index (χ1v) is 27.6. The first-order chi connectivity index (χ1) is 35.1. The molecule has 0 radical (unpaired) electrons. The third-order valence-electron chi connectivity index (χ3n) is 17.4. The predicted molar refractivity (Wildman–Crippen MR) is 316 cm³/mol. The molecule has 0 bridgehead atoms. The first-order valence-electron chi connectivity index (χ1n) is 26.8. The lowest BCUT2D eigenvalue weighted by atomic mass is 9.68. The van der Waals surface area contributed by atoms with E-state index in [0.717, 1.165) is 21.5 Å². The van der Waals surface area contributed by atoms with Gasteiger partial charge in [-0.1, -0.05) is 232 Å². The van der Waals surface area contributed by atoms with Crippen molar-refractivity contribution in [2.75, 3.05) is 4.90 Å². The Hall–Kier alpha value is -6.74. The van der Waals surface area contributed by atoms with Gasteiger partial charge in [0.1, 0.15) is 0 Å². The number of halogens is 1. The van der Waals surface area contributed by atoms with E-state index in [1.165, 1.54) is 111 Å².